The molecule has 0 aromatic carbocycles. The van der Waals surface area contributed by atoms with Crippen molar-refractivity contribution in [2.75, 3.05) is 14.2 Å². The van der Waals surface area contributed by atoms with Gasteiger partial charge in [-0.3, -0.25) is 4.98 Å². The van der Waals surface area contributed by atoms with Crippen molar-refractivity contribution in [3.8, 4) is 0 Å². The van der Waals surface area contributed by atoms with Crippen molar-refractivity contribution in [1.82, 2.24) is 4.98 Å². The average molecular weight is 1110 g/mol. The summed E-state index contributed by atoms with van der Waals surface area (Å²) < 4.78 is 48.8. The van der Waals surface area contributed by atoms with Gasteiger partial charge in [0.1, 0.15) is 47.8 Å². The van der Waals surface area contributed by atoms with E-state index >= 15 is 0 Å². The van der Waals surface area contributed by atoms with Crippen LogP contribution in [0.1, 0.15) is 86.6 Å². The second-order valence-electron chi connectivity index (χ2n) is 24.1. The lowest BCUT2D eigenvalue weighted by molar-refractivity contribution is -0.173. The van der Waals surface area contributed by atoms with Crippen molar-refractivity contribution in [3.05, 3.63) is 119 Å². The predicted octanol–water partition coefficient (Wildman–Crippen LogP) is 6.21. The van der Waals surface area contributed by atoms with Crippen LogP contribution in [0.2, 0.25) is 0 Å². The van der Waals surface area contributed by atoms with E-state index in [0.717, 1.165) is 22.3 Å². The van der Waals surface area contributed by atoms with Crippen molar-refractivity contribution in [2.45, 2.75) is 166 Å². The molecule has 24 atom stereocenters. The van der Waals surface area contributed by atoms with Gasteiger partial charge < -0.3 is 58.3 Å². The summed E-state index contributed by atoms with van der Waals surface area (Å²) in [5, 5.41) is 44.5. The largest absolute Gasteiger partial charge is 0.457 e. The van der Waals surface area contributed by atoms with Gasteiger partial charge in [-0.15, -0.1) is 0 Å². The van der Waals surface area contributed by atoms with E-state index in [1.807, 2.05) is 90.1 Å². The molecule has 6 aliphatic carbocycles. The van der Waals surface area contributed by atoms with Gasteiger partial charge in [-0.2, -0.15) is 0 Å². The van der Waals surface area contributed by atoms with Crippen LogP contribution >= 0.6 is 0 Å². The Kier molecular flexibility index (Phi) is 16.5. The summed E-state index contributed by atoms with van der Waals surface area (Å²) in [6, 6.07) is 3.81. The van der Waals surface area contributed by atoms with Crippen molar-refractivity contribution >= 4 is 29.5 Å². The van der Waals surface area contributed by atoms with E-state index in [2.05, 4.69) is 29.3 Å². The number of rotatable bonds is 9. The lowest BCUT2D eigenvalue weighted by atomic mass is 9.57. The number of aliphatic hydroxyl groups is 4. The highest BCUT2D eigenvalue weighted by atomic mass is 16.6. The number of methoxy groups -OCH3 is 2. The Morgan fingerprint density at radius 1 is 0.713 bits per heavy atom. The molecule has 2 saturated carbocycles. The molecule has 4 N–H and O–H groups in total. The standard InChI is InChI=1S/C34H41NO8.C29H38O8/c1-17-13-18(2)34-24(15-26(40-5)33(39)41-29(17)20(4)36)10-11-25-27(34)28(37)19(3)30(31(25)43-34)42-32(38)22-9-8-21(14-22)23-7-6-12-35-16-23;1-14-12-15(2)29-19(13-21(34-5)28(33)35-24(14)17(4)30)10-11-20-22(29)23(31)16(3)25(26(20)37-29)36-27(32)18-8-6-7-9-18/h6-8,10-14,16-17,19-20,24-31,36-37H,9,15H2,1-5H3;6-8,10-12,14,16-17,19-26,30-31H,9,13H2,1-5H3/b18-13+;15-12+/t17-,19-,20-,24-,25?,26+,27?,28-,29+,30-,31-,34+;14-,16-,17-,19-,20?,21+,22?,23-,24+,25-,26-,29+/m11/s1. The van der Waals surface area contributed by atoms with Crippen molar-refractivity contribution in [1.29, 1.82) is 0 Å². The molecular formula is C63H79NO16. The number of aromatic nitrogens is 1. The van der Waals surface area contributed by atoms with Gasteiger partial charge in [-0.05, 0) is 87.8 Å². The number of cyclic esters (lactones) is 2. The van der Waals surface area contributed by atoms with Crippen LogP contribution in [0, 0.1) is 59.2 Å². The molecule has 0 radical (unpaired) electrons. The number of carbonyl (C=O) groups excluding carboxylic acids is 4. The molecule has 1 aromatic heterocycles. The van der Waals surface area contributed by atoms with Crippen LogP contribution in [-0.2, 0) is 57.1 Å². The average Bonchev–Trinajstić information content (AvgIpc) is 4.36. The first-order chi connectivity index (χ1) is 38.2. The van der Waals surface area contributed by atoms with E-state index < -0.39 is 102 Å². The first-order valence-electron chi connectivity index (χ1n) is 28.5. The molecule has 4 fully saturated rings. The normalized spacial score (nSPS) is 44.3. The molecule has 17 nitrogen and oxygen atoms in total. The second-order valence-corrected chi connectivity index (χ2v) is 24.1. The minimum Gasteiger partial charge on any atom is -0.457 e. The minimum atomic E-state index is -0.952. The van der Waals surface area contributed by atoms with Crippen LogP contribution in [0.5, 0.6) is 0 Å². The Morgan fingerprint density at radius 3 is 1.62 bits per heavy atom. The fraction of sp³-hybridized carbons (Fsp3) is 0.603. The monoisotopic (exact) mass is 1110 g/mol. The third-order valence-corrected chi connectivity index (χ3v) is 19.4. The summed E-state index contributed by atoms with van der Waals surface area (Å²) in [5.41, 5.74) is 2.92. The summed E-state index contributed by atoms with van der Waals surface area (Å²) >= 11 is 0. The highest BCUT2D eigenvalue weighted by Crippen LogP contribution is 2.63. The molecule has 2 saturated heterocycles. The lowest BCUT2D eigenvalue weighted by Crippen LogP contribution is -2.57. The van der Waals surface area contributed by atoms with Crippen LogP contribution in [-0.4, -0.2) is 148 Å². The smallest absolute Gasteiger partial charge is 0.335 e. The Balaban J connectivity index is 0.000000182. The first-order valence-corrected chi connectivity index (χ1v) is 28.5. The quantitative estimate of drug-likeness (QED) is 0.122. The lowest BCUT2D eigenvalue weighted by Gasteiger charge is -2.48. The highest BCUT2D eigenvalue weighted by molar-refractivity contribution is 5.96. The van der Waals surface area contributed by atoms with Crippen molar-refractivity contribution in [3.63, 3.8) is 0 Å². The summed E-state index contributed by atoms with van der Waals surface area (Å²) in [6.07, 6.45) is 17.6. The highest BCUT2D eigenvalue weighted by Gasteiger charge is 2.71. The zero-order valence-electron chi connectivity index (χ0n) is 47.3. The van der Waals surface area contributed by atoms with Gasteiger partial charge >= 0.3 is 23.9 Å². The number of nitrogens with zero attached hydrogens (tertiary/aromatic N) is 1. The molecule has 1 aromatic rings. The van der Waals surface area contributed by atoms with Crippen LogP contribution in [0.25, 0.3) is 5.57 Å². The molecule has 4 aliphatic heterocycles. The number of carbonyl (C=O) groups is 4. The van der Waals surface area contributed by atoms with E-state index in [1.165, 1.54) is 14.2 Å². The van der Waals surface area contributed by atoms with Gasteiger partial charge in [-0.1, -0.05) is 94.5 Å². The molecule has 10 aliphatic rings. The number of allylic oxidation sites excluding steroid dienone is 6. The molecule has 432 valence electrons. The number of pyridine rings is 1. The van der Waals surface area contributed by atoms with Crippen LogP contribution in [0.4, 0.5) is 0 Å². The van der Waals surface area contributed by atoms with Gasteiger partial charge in [0.05, 0.1) is 24.4 Å². The maximum Gasteiger partial charge on any atom is 0.335 e. The third-order valence-electron chi connectivity index (χ3n) is 19.4. The van der Waals surface area contributed by atoms with Crippen molar-refractivity contribution in [2.24, 2.45) is 59.2 Å². The van der Waals surface area contributed by atoms with Crippen LogP contribution in [0.3, 0.4) is 0 Å². The van der Waals surface area contributed by atoms with E-state index in [4.69, 9.17) is 37.9 Å². The molecular weight excluding hydrogens is 1030 g/mol. The van der Waals surface area contributed by atoms with Gasteiger partial charge in [0.15, 0.2) is 12.2 Å². The molecule has 5 heterocycles. The first kappa shape index (κ1) is 57.8. The molecule has 80 heavy (non-hydrogen) atoms. The summed E-state index contributed by atoms with van der Waals surface area (Å²) in [7, 11) is 2.94. The van der Waals surface area contributed by atoms with E-state index in [0.29, 0.717) is 24.0 Å². The van der Waals surface area contributed by atoms with E-state index in [9.17, 15) is 39.6 Å². The Labute approximate surface area is 468 Å². The van der Waals surface area contributed by atoms with Gasteiger partial charge in [0, 0.05) is 96.9 Å². The fourth-order valence-electron chi connectivity index (χ4n) is 15.4. The van der Waals surface area contributed by atoms with Gasteiger partial charge in [0.2, 0.25) is 0 Å². The van der Waals surface area contributed by atoms with Crippen LogP contribution in [0.15, 0.2) is 114 Å². The Hall–Kier alpha value is -5.37. The number of esters is 4. The molecule has 8 bridgehead atoms. The molecule has 11 rings (SSSR count). The maximum absolute atomic E-state index is 13.5. The molecule has 0 amide bonds. The topological polar surface area (TPSA) is 236 Å². The number of hydrogen-bond acceptors (Lipinski definition) is 17. The number of aliphatic hydroxyl groups excluding tert-OH is 4. The summed E-state index contributed by atoms with van der Waals surface area (Å²) in [6.45, 7) is 14.8. The van der Waals surface area contributed by atoms with Crippen molar-refractivity contribution < 1.29 is 77.5 Å². The van der Waals surface area contributed by atoms with Crippen LogP contribution < -0.4 is 0 Å². The molecule has 2 spiro atoms. The zero-order chi connectivity index (χ0) is 57.3. The predicted molar refractivity (Wildman–Crippen MR) is 291 cm³/mol. The van der Waals surface area contributed by atoms with E-state index in [-0.39, 0.29) is 78.0 Å². The second kappa shape index (κ2) is 22.8. The molecule has 4 unspecified atom stereocenters. The summed E-state index contributed by atoms with van der Waals surface area (Å²) in [4.78, 5) is 56.9. The fourth-order valence-corrected chi connectivity index (χ4v) is 15.4. The third kappa shape index (κ3) is 9.84. The SMILES string of the molecule is CO[C@H]1C[C@H]2C=CC3C4[C@H](O)[C@@H](C)[C@@H](OC(=O)C5=CC(c6cccnc6)=CC5)[C@@H]3O[C@]42/C(C)=C/[C@@H](C)[C@@H]([C@@H](C)O)OC1=O.CO[C@H]1C[C@H]2C=CC3C4[C@H](O)[C@@H](C)[C@@H](OC(=O)C5=CC=CC5)[C@@H]3O[C@]42/C(C)=C/[C@@H](C)[C@@H]([C@@H](C)O)OC1=O. The zero-order valence-corrected chi connectivity index (χ0v) is 47.3. The Bertz CT molecular complexity index is 2810. The maximum atomic E-state index is 13.5. The van der Waals surface area contributed by atoms with E-state index in [1.54, 1.807) is 32.3 Å². The van der Waals surface area contributed by atoms with Gasteiger partial charge in [-0.25, -0.2) is 19.2 Å². The Morgan fingerprint density at radius 2 is 1.20 bits per heavy atom. The number of hydrogen-bond donors (Lipinski definition) is 4. The molecule has 17 heteroatoms. The summed E-state index contributed by atoms with van der Waals surface area (Å²) in [5.74, 6) is -4.77. The van der Waals surface area contributed by atoms with Gasteiger partial charge in [0.25, 0.3) is 0 Å². The number of ether oxygens (including phenoxy) is 8. The minimum absolute atomic E-state index is 0.155.